The molecule has 30 heavy (non-hydrogen) atoms. The molecule has 3 aromatic rings. The van der Waals surface area contributed by atoms with E-state index in [0.29, 0.717) is 17.7 Å². The third-order valence-electron chi connectivity index (χ3n) is 4.73. The summed E-state index contributed by atoms with van der Waals surface area (Å²) in [5.41, 5.74) is 1.72. The van der Waals surface area contributed by atoms with Gasteiger partial charge in [0.2, 0.25) is 0 Å². The number of ether oxygens (including phenoxy) is 1. The van der Waals surface area contributed by atoms with Gasteiger partial charge < -0.3 is 10.1 Å². The zero-order chi connectivity index (χ0) is 21.2. The summed E-state index contributed by atoms with van der Waals surface area (Å²) < 4.78 is 20.3. The Morgan fingerprint density at radius 2 is 2.03 bits per heavy atom. The molecule has 1 aromatic heterocycles. The lowest BCUT2D eigenvalue weighted by Crippen LogP contribution is -2.23. The van der Waals surface area contributed by atoms with Crippen molar-refractivity contribution in [2.24, 2.45) is 0 Å². The molecule has 1 N–H and O–H groups in total. The zero-order valence-electron chi connectivity index (χ0n) is 17.1. The molecule has 0 unspecified atom stereocenters. The first-order chi connectivity index (χ1) is 14.7. The first-order valence-corrected chi connectivity index (χ1v) is 10.1. The van der Waals surface area contributed by atoms with Crippen molar-refractivity contribution in [3.63, 3.8) is 0 Å². The van der Waals surface area contributed by atoms with E-state index in [-0.39, 0.29) is 18.2 Å². The summed E-state index contributed by atoms with van der Waals surface area (Å²) in [7, 11) is 0. The van der Waals surface area contributed by atoms with Crippen LogP contribution in [0.2, 0.25) is 0 Å². The molecule has 2 aromatic carbocycles. The van der Waals surface area contributed by atoms with Crippen molar-refractivity contribution in [2.45, 2.75) is 39.2 Å². The number of amides is 1. The largest absolute Gasteiger partial charge is 0.491 e. The van der Waals surface area contributed by atoms with Gasteiger partial charge in [0.1, 0.15) is 0 Å². The molecule has 1 amide bonds. The molecule has 0 aliphatic carbocycles. The Balaban J connectivity index is 1.53. The SMILES string of the molecule is CC#CCCCCCOc1cccc(CNC(=O)c2ccc3ncccc3c2)c1F. The van der Waals surface area contributed by atoms with Crippen LogP contribution in [0.4, 0.5) is 4.39 Å². The molecule has 3 rings (SSSR count). The van der Waals surface area contributed by atoms with E-state index in [1.54, 1.807) is 42.6 Å². The van der Waals surface area contributed by atoms with Gasteiger partial charge in [-0.2, -0.15) is 0 Å². The average molecular weight is 404 g/mol. The molecule has 5 heteroatoms. The Morgan fingerprint density at radius 1 is 1.13 bits per heavy atom. The molecule has 1 heterocycles. The number of carbonyl (C=O) groups excluding carboxylic acids is 1. The Morgan fingerprint density at radius 3 is 2.90 bits per heavy atom. The third-order valence-corrected chi connectivity index (χ3v) is 4.73. The topological polar surface area (TPSA) is 51.2 Å². The second-order valence-electron chi connectivity index (χ2n) is 6.91. The van der Waals surface area contributed by atoms with Crippen LogP contribution in [-0.2, 0) is 6.54 Å². The van der Waals surface area contributed by atoms with Crippen LogP contribution in [0, 0.1) is 17.7 Å². The van der Waals surface area contributed by atoms with E-state index >= 15 is 0 Å². The minimum absolute atomic E-state index is 0.0859. The molecule has 0 atom stereocenters. The van der Waals surface area contributed by atoms with Crippen LogP contribution in [0.25, 0.3) is 10.9 Å². The molecule has 0 radical (unpaired) electrons. The molecule has 0 saturated heterocycles. The highest BCUT2D eigenvalue weighted by molar-refractivity contribution is 5.97. The van der Waals surface area contributed by atoms with Gasteiger partial charge >= 0.3 is 0 Å². The van der Waals surface area contributed by atoms with Crippen molar-refractivity contribution in [1.82, 2.24) is 10.3 Å². The molecule has 0 saturated carbocycles. The summed E-state index contributed by atoms with van der Waals surface area (Å²) in [6.45, 7) is 2.38. The highest BCUT2D eigenvalue weighted by Gasteiger charge is 2.12. The third kappa shape index (κ3) is 5.81. The van der Waals surface area contributed by atoms with Crippen LogP contribution in [0.3, 0.4) is 0 Å². The number of halogens is 1. The molecule has 154 valence electrons. The van der Waals surface area contributed by atoms with E-state index in [2.05, 4.69) is 22.1 Å². The number of nitrogens with one attached hydrogen (secondary N) is 1. The van der Waals surface area contributed by atoms with Gasteiger partial charge in [0, 0.05) is 35.7 Å². The first kappa shape index (κ1) is 21.3. The van der Waals surface area contributed by atoms with Gasteiger partial charge in [0.15, 0.2) is 11.6 Å². The van der Waals surface area contributed by atoms with Crippen molar-refractivity contribution < 1.29 is 13.9 Å². The minimum Gasteiger partial charge on any atom is -0.491 e. The summed E-state index contributed by atoms with van der Waals surface area (Å²) in [5.74, 6) is 5.42. The molecular formula is C25H25FN2O2. The second kappa shape index (κ2) is 11.0. The minimum atomic E-state index is -0.433. The number of hydrogen-bond donors (Lipinski definition) is 1. The average Bonchev–Trinajstić information content (AvgIpc) is 2.78. The summed E-state index contributed by atoms with van der Waals surface area (Å²) in [6, 6.07) is 14.0. The monoisotopic (exact) mass is 404 g/mol. The van der Waals surface area contributed by atoms with Crippen LogP contribution in [0.15, 0.2) is 54.7 Å². The molecule has 0 aliphatic heterocycles. The van der Waals surface area contributed by atoms with E-state index in [4.69, 9.17) is 4.74 Å². The standard InChI is InChI=1S/C25H25FN2O2/c1-2-3-4-5-6-7-16-30-23-12-8-10-21(24(23)26)18-28-25(29)20-13-14-22-19(17-20)11-9-15-27-22/h8-15,17H,4-7,16,18H2,1H3,(H,28,29). The molecule has 0 bridgehead atoms. The van der Waals surface area contributed by atoms with Crippen molar-refractivity contribution in [2.75, 3.05) is 6.61 Å². The summed E-state index contributed by atoms with van der Waals surface area (Å²) in [4.78, 5) is 16.7. The molecule has 4 nitrogen and oxygen atoms in total. The summed E-state index contributed by atoms with van der Waals surface area (Å²) in [6.07, 6.45) is 5.45. The summed E-state index contributed by atoms with van der Waals surface area (Å²) in [5, 5.41) is 3.66. The number of rotatable bonds is 9. The lowest BCUT2D eigenvalue weighted by Gasteiger charge is -2.11. The Bertz CT molecular complexity index is 1070. The number of hydrogen-bond acceptors (Lipinski definition) is 3. The maximum atomic E-state index is 14.7. The van der Waals surface area contributed by atoms with Crippen molar-refractivity contribution in [3.8, 4) is 17.6 Å². The van der Waals surface area contributed by atoms with Crippen LogP contribution < -0.4 is 10.1 Å². The van der Waals surface area contributed by atoms with Crippen LogP contribution in [-0.4, -0.2) is 17.5 Å². The lowest BCUT2D eigenvalue weighted by atomic mass is 10.1. The van der Waals surface area contributed by atoms with Crippen LogP contribution in [0.1, 0.15) is 48.5 Å². The summed E-state index contributed by atoms with van der Waals surface area (Å²) >= 11 is 0. The van der Waals surface area contributed by atoms with Crippen molar-refractivity contribution in [1.29, 1.82) is 0 Å². The Kier molecular flexibility index (Phi) is 7.79. The number of benzene rings is 2. The number of pyridine rings is 1. The number of aromatic nitrogens is 1. The van der Waals surface area contributed by atoms with Crippen LogP contribution in [0.5, 0.6) is 5.75 Å². The molecule has 0 spiro atoms. The smallest absolute Gasteiger partial charge is 0.251 e. The molecule has 0 fully saturated rings. The van der Waals surface area contributed by atoms with Gasteiger partial charge in [-0.15, -0.1) is 11.8 Å². The molecular weight excluding hydrogens is 379 g/mol. The highest BCUT2D eigenvalue weighted by Crippen LogP contribution is 2.21. The van der Waals surface area contributed by atoms with Crippen molar-refractivity contribution >= 4 is 16.8 Å². The van der Waals surface area contributed by atoms with E-state index < -0.39 is 5.82 Å². The first-order valence-electron chi connectivity index (χ1n) is 10.1. The van der Waals surface area contributed by atoms with Crippen LogP contribution >= 0.6 is 0 Å². The van der Waals surface area contributed by atoms with E-state index in [1.165, 1.54) is 0 Å². The van der Waals surface area contributed by atoms with Gasteiger partial charge in [0.25, 0.3) is 5.91 Å². The predicted octanol–water partition coefficient (Wildman–Crippen LogP) is 5.27. The maximum Gasteiger partial charge on any atom is 0.251 e. The van der Waals surface area contributed by atoms with Gasteiger partial charge in [-0.3, -0.25) is 9.78 Å². The van der Waals surface area contributed by atoms with E-state index in [9.17, 15) is 9.18 Å². The zero-order valence-corrected chi connectivity index (χ0v) is 17.1. The van der Waals surface area contributed by atoms with Crippen molar-refractivity contribution in [3.05, 3.63) is 71.7 Å². The number of nitrogens with zero attached hydrogens (tertiary/aromatic N) is 1. The fraction of sp³-hybridized carbons (Fsp3) is 0.280. The number of unbranched alkanes of at least 4 members (excludes halogenated alkanes) is 3. The Hall–Kier alpha value is -3.39. The predicted molar refractivity (Wildman–Crippen MR) is 117 cm³/mol. The fourth-order valence-corrected chi connectivity index (χ4v) is 3.10. The van der Waals surface area contributed by atoms with Gasteiger partial charge in [-0.25, -0.2) is 4.39 Å². The second-order valence-corrected chi connectivity index (χ2v) is 6.91. The van der Waals surface area contributed by atoms with Gasteiger partial charge in [-0.05, 0) is 56.5 Å². The van der Waals surface area contributed by atoms with Gasteiger partial charge in [-0.1, -0.05) is 18.2 Å². The van der Waals surface area contributed by atoms with Gasteiger partial charge in [0.05, 0.1) is 12.1 Å². The van der Waals surface area contributed by atoms with E-state index in [1.807, 2.05) is 19.1 Å². The van der Waals surface area contributed by atoms with E-state index in [0.717, 1.165) is 36.6 Å². The number of carbonyl (C=O) groups is 1. The quantitative estimate of drug-likeness (QED) is 0.391. The fourth-order valence-electron chi connectivity index (χ4n) is 3.10. The normalized spacial score (nSPS) is 10.3. The molecule has 0 aliphatic rings. The highest BCUT2D eigenvalue weighted by atomic mass is 19.1. The Labute approximate surface area is 176 Å². The number of fused-ring (bicyclic) bond motifs is 1. The lowest BCUT2D eigenvalue weighted by molar-refractivity contribution is 0.0950. The maximum absolute atomic E-state index is 14.7.